The van der Waals surface area contributed by atoms with E-state index in [9.17, 15) is 9.18 Å². The SMILES string of the molecule is COc1ccc(F)c(-c2ccc3c(c2)CCCC3=O)c1. The first-order valence-corrected chi connectivity index (χ1v) is 6.69. The first-order valence-electron chi connectivity index (χ1n) is 6.69. The van der Waals surface area contributed by atoms with Crippen molar-refractivity contribution in [1.29, 1.82) is 0 Å². The van der Waals surface area contributed by atoms with Gasteiger partial charge in [-0.15, -0.1) is 0 Å². The van der Waals surface area contributed by atoms with Crippen LogP contribution in [0.2, 0.25) is 0 Å². The number of benzene rings is 2. The smallest absolute Gasteiger partial charge is 0.163 e. The van der Waals surface area contributed by atoms with Gasteiger partial charge in [-0.25, -0.2) is 4.39 Å². The monoisotopic (exact) mass is 270 g/mol. The zero-order chi connectivity index (χ0) is 14.1. The maximum absolute atomic E-state index is 14.0. The quantitative estimate of drug-likeness (QED) is 0.823. The Labute approximate surface area is 117 Å². The third-order valence-electron chi connectivity index (χ3n) is 3.74. The molecule has 0 aromatic heterocycles. The van der Waals surface area contributed by atoms with Crippen LogP contribution in [0.5, 0.6) is 5.75 Å². The van der Waals surface area contributed by atoms with Crippen LogP contribution in [0.4, 0.5) is 4.39 Å². The molecule has 0 spiro atoms. The van der Waals surface area contributed by atoms with E-state index >= 15 is 0 Å². The minimum Gasteiger partial charge on any atom is -0.497 e. The summed E-state index contributed by atoms with van der Waals surface area (Å²) in [6, 6.07) is 10.2. The predicted octanol–water partition coefficient (Wildman–Crippen LogP) is 4.02. The first-order chi connectivity index (χ1) is 9.69. The largest absolute Gasteiger partial charge is 0.497 e. The van der Waals surface area contributed by atoms with Crippen LogP contribution in [-0.4, -0.2) is 12.9 Å². The van der Waals surface area contributed by atoms with Gasteiger partial charge in [0.05, 0.1) is 7.11 Å². The molecule has 0 N–H and O–H groups in total. The summed E-state index contributed by atoms with van der Waals surface area (Å²) in [5.74, 6) is 0.520. The highest BCUT2D eigenvalue weighted by atomic mass is 19.1. The van der Waals surface area contributed by atoms with Crippen molar-refractivity contribution in [1.82, 2.24) is 0 Å². The fraction of sp³-hybridized carbons (Fsp3) is 0.235. The molecule has 0 saturated heterocycles. The van der Waals surface area contributed by atoms with E-state index in [1.54, 1.807) is 25.3 Å². The normalized spacial score (nSPS) is 14.0. The molecule has 0 heterocycles. The van der Waals surface area contributed by atoms with Crippen LogP contribution >= 0.6 is 0 Å². The lowest BCUT2D eigenvalue weighted by Gasteiger charge is -2.16. The average Bonchev–Trinajstić information content (AvgIpc) is 2.48. The first kappa shape index (κ1) is 12.9. The standard InChI is InChI=1S/C17H15FO2/c1-20-13-6-8-16(18)15(10-13)12-5-7-14-11(9-12)3-2-4-17(14)19/h5-10H,2-4H2,1H3. The molecule has 0 unspecified atom stereocenters. The molecule has 102 valence electrons. The number of methoxy groups -OCH3 is 1. The molecule has 2 nitrogen and oxygen atoms in total. The maximum Gasteiger partial charge on any atom is 0.163 e. The van der Waals surface area contributed by atoms with Gasteiger partial charge in [-0.1, -0.05) is 18.2 Å². The second-order valence-corrected chi connectivity index (χ2v) is 4.99. The minimum absolute atomic E-state index is 0.184. The van der Waals surface area contributed by atoms with Crippen LogP contribution in [0.3, 0.4) is 0 Å². The van der Waals surface area contributed by atoms with E-state index < -0.39 is 0 Å². The molecule has 2 aromatic carbocycles. The predicted molar refractivity (Wildman–Crippen MR) is 75.7 cm³/mol. The number of fused-ring (bicyclic) bond motifs is 1. The van der Waals surface area contributed by atoms with Gasteiger partial charge in [-0.3, -0.25) is 4.79 Å². The van der Waals surface area contributed by atoms with Crippen molar-refractivity contribution in [2.45, 2.75) is 19.3 Å². The van der Waals surface area contributed by atoms with Gasteiger partial charge in [0, 0.05) is 17.5 Å². The molecule has 1 aliphatic rings. The fourth-order valence-corrected chi connectivity index (χ4v) is 2.67. The van der Waals surface area contributed by atoms with Crippen LogP contribution in [-0.2, 0) is 6.42 Å². The summed E-state index contributed by atoms with van der Waals surface area (Å²) in [7, 11) is 1.56. The van der Waals surface area contributed by atoms with Gasteiger partial charge in [-0.2, -0.15) is 0 Å². The average molecular weight is 270 g/mol. The van der Waals surface area contributed by atoms with Crippen molar-refractivity contribution in [2.24, 2.45) is 0 Å². The number of Topliss-reactive ketones (excluding diaryl/α,β-unsaturated/α-hetero) is 1. The van der Waals surface area contributed by atoms with E-state index in [2.05, 4.69) is 0 Å². The number of ether oxygens (including phenoxy) is 1. The van der Waals surface area contributed by atoms with E-state index in [1.807, 2.05) is 12.1 Å². The number of hydrogen-bond donors (Lipinski definition) is 0. The zero-order valence-electron chi connectivity index (χ0n) is 11.3. The second-order valence-electron chi connectivity index (χ2n) is 4.99. The molecule has 20 heavy (non-hydrogen) atoms. The van der Waals surface area contributed by atoms with Crippen molar-refractivity contribution in [2.75, 3.05) is 7.11 Å². The van der Waals surface area contributed by atoms with E-state index in [0.717, 1.165) is 29.5 Å². The van der Waals surface area contributed by atoms with Crippen molar-refractivity contribution in [3.05, 3.63) is 53.3 Å². The van der Waals surface area contributed by atoms with Crippen LogP contribution in [0.1, 0.15) is 28.8 Å². The number of carbonyl (C=O) groups excluding carboxylic acids is 1. The zero-order valence-corrected chi connectivity index (χ0v) is 11.3. The number of hydrogen-bond acceptors (Lipinski definition) is 2. The fourth-order valence-electron chi connectivity index (χ4n) is 2.67. The molecule has 0 bridgehead atoms. The van der Waals surface area contributed by atoms with E-state index in [0.29, 0.717) is 17.7 Å². The summed E-state index contributed by atoms with van der Waals surface area (Å²) in [5.41, 5.74) is 3.09. The highest BCUT2D eigenvalue weighted by molar-refractivity contribution is 5.99. The Kier molecular flexibility index (Phi) is 3.26. The molecule has 0 atom stereocenters. The highest BCUT2D eigenvalue weighted by Crippen LogP contribution is 2.31. The number of halogens is 1. The van der Waals surface area contributed by atoms with Crippen LogP contribution in [0.25, 0.3) is 11.1 Å². The lowest BCUT2D eigenvalue weighted by atomic mass is 9.88. The molecule has 0 fully saturated rings. The Balaban J connectivity index is 2.09. The molecular formula is C17H15FO2. The molecule has 0 amide bonds. The highest BCUT2D eigenvalue weighted by Gasteiger charge is 2.18. The van der Waals surface area contributed by atoms with Crippen LogP contribution < -0.4 is 4.74 Å². The molecule has 0 radical (unpaired) electrons. The number of ketones is 1. The topological polar surface area (TPSA) is 26.3 Å². The Morgan fingerprint density at radius 2 is 1.90 bits per heavy atom. The van der Waals surface area contributed by atoms with E-state index in [1.165, 1.54) is 6.07 Å². The Hall–Kier alpha value is -2.16. The van der Waals surface area contributed by atoms with Gasteiger partial charge in [0.2, 0.25) is 0 Å². The summed E-state index contributed by atoms with van der Waals surface area (Å²) in [6.07, 6.45) is 2.36. The number of carbonyl (C=O) groups is 1. The lowest BCUT2D eigenvalue weighted by Crippen LogP contribution is -2.10. The van der Waals surface area contributed by atoms with Crippen molar-refractivity contribution >= 4 is 5.78 Å². The molecule has 0 saturated carbocycles. The molecule has 3 rings (SSSR count). The Morgan fingerprint density at radius 1 is 1.05 bits per heavy atom. The summed E-state index contributed by atoms with van der Waals surface area (Å²) >= 11 is 0. The third kappa shape index (κ3) is 2.20. The van der Waals surface area contributed by atoms with Gasteiger partial charge < -0.3 is 4.74 Å². The Bertz CT molecular complexity index is 677. The maximum atomic E-state index is 14.0. The van der Waals surface area contributed by atoms with Gasteiger partial charge >= 0.3 is 0 Å². The van der Waals surface area contributed by atoms with Gasteiger partial charge in [0.15, 0.2) is 5.78 Å². The molecular weight excluding hydrogens is 255 g/mol. The number of aryl methyl sites for hydroxylation is 1. The second kappa shape index (κ2) is 5.08. The summed E-state index contributed by atoms with van der Waals surface area (Å²) in [6.45, 7) is 0. The van der Waals surface area contributed by atoms with Crippen molar-refractivity contribution < 1.29 is 13.9 Å². The van der Waals surface area contributed by atoms with Gasteiger partial charge in [0.1, 0.15) is 11.6 Å². The minimum atomic E-state index is -0.284. The van der Waals surface area contributed by atoms with Gasteiger partial charge in [0.25, 0.3) is 0 Å². The third-order valence-corrected chi connectivity index (χ3v) is 3.74. The van der Waals surface area contributed by atoms with Gasteiger partial charge in [-0.05, 0) is 42.2 Å². The summed E-state index contributed by atoms with van der Waals surface area (Å²) in [4.78, 5) is 11.8. The molecule has 0 aliphatic heterocycles. The van der Waals surface area contributed by atoms with E-state index in [-0.39, 0.29) is 11.6 Å². The Morgan fingerprint density at radius 3 is 2.70 bits per heavy atom. The summed E-state index contributed by atoms with van der Waals surface area (Å²) < 4.78 is 19.1. The van der Waals surface area contributed by atoms with Crippen LogP contribution in [0, 0.1) is 5.82 Å². The lowest BCUT2D eigenvalue weighted by molar-refractivity contribution is 0.0972. The molecule has 3 heteroatoms. The number of rotatable bonds is 2. The summed E-state index contributed by atoms with van der Waals surface area (Å²) in [5, 5.41) is 0. The van der Waals surface area contributed by atoms with E-state index in [4.69, 9.17) is 4.74 Å². The molecule has 1 aliphatic carbocycles. The van der Waals surface area contributed by atoms with Crippen molar-refractivity contribution in [3.63, 3.8) is 0 Å². The van der Waals surface area contributed by atoms with Crippen molar-refractivity contribution in [3.8, 4) is 16.9 Å². The van der Waals surface area contributed by atoms with Crippen LogP contribution in [0.15, 0.2) is 36.4 Å². The molecule has 2 aromatic rings.